The van der Waals surface area contributed by atoms with E-state index in [9.17, 15) is 18.0 Å². The van der Waals surface area contributed by atoms with E-state index in [0.717, 1.165) is 31.2 Å². The average Bonchev–Trinajstić information content (AvgIpc) is 2.56. The Morgan fingerprint density at radius 2 is 1.76 bits per heavy atom. The van der Waals surface area contributed by atoms with Gasteiger partial charge >= 0.3 is 18.2 Å². The third-order valence-corrected chi connectivity index (χ3v) is 3.58. The number of nitrogens with one attached hydrogen (secondary N) is 1. The lowest BCUT2D eigenvalue weighted by atomic mass is 9.91. The highest BCUT2D eigenvalue weighted by Crippen LogP contribution is 2.17. The van der Waals surface area contributed by atoms with E-state index in [4.69, 9.17) is 20.4 Å². The summed E-state index contributed by atoms with van der Waals surface area (Å²) in [6.07, 6.45) is -1.26. The van der Waals surface area contributed by atoms with Gasteiger partial charge in [-0.25, -0.2) is 9.59 Å². The standard InChI is InChI=1S/C14H20N2O2.C2HF3O2/c15-12-8-4-5-9-13(12)16-14(17)18-10-11-6-2-1-3-7-11;3-2(4,5)1(6)7/h1-3,6-7,12-13H,4-5,8-10,15H2,(H,16,17);(H,6,7)/t12-,13+;/m0./s1. The fourth-order valence-electron chi connectivity index (χ4n) is 2.25. The van der Waals surface area contributed by atoms with Gasteiger partial charge in [0.05, 0.1) is 0 Å². The van der Waals surface area contributed by atoms with E-state index in [2.05, 4.69) is 5.32 Å². The van der Waals surface area contributed by atoms with Gasteiger partial charge in [0.2, 0.25) is 0 Å². The molecule has 1 aliphatic carbocycles. The van der Waals surface area contributed by atoms with E-state index in [1.54, 1.807) is 0 Å². The summed E-state index contributed by atoms with van der Waals surface area (Å²) in [5, 5.41) is 9.98. The number of rotatable bonds is 3. The zero-order valence-electron chi connectivity index (χ0n) is 13.5. The fourth-order valence-corrected chi connectivity index (χ4v) is 2.25. The maximum atomic E-state index is 11.6. The Bertz CT molecular complexity index is 552. The van der Waals surface area contributed by atoms with Gasteiger partial charge in [0, 0.05) is 12.1 Å². The molecule has 0 heterocycles. The van der Waals surface area contributed by atoms with E-state index in [-0.39, 0.29) is 18.2 Å². The molecule has 6 nitrogen and oxygen atoms in total. The minimum absolute atomic E-state index is 0.0574. The van der Waals surface area contributed by atoms with Gasteiger partial charge in [0.25, 0.3) is 0 Å². The van der Waals surface area contributed by atoms with Crippen LogP contribution in [0.25, 0.3) is 0 Å². The number of hydrogen-bond donors (Lipinski definition) is 3. The Morgan fingerprint density at radius 3 is 2.28 bits per heavy atom. The van der Waals surface area contributed by atoms with Gasteiger partial charge in [-0.2, -0.15) is 13.2 Å². The Kier molecular flexibility index (Phi) is 8.20. The van der Waals surface area contributed by atoms with E-state index < -0.39 is 12.1 Å². The first kappa shape index (κ1) is 20.8. The van der Waals surface area contributed by atoms with Crippen LogP contribution in [0.1, 0.15) is 31.2 Å². The second-order valence-electron chi connectivity index (χ2n) is 5.56. The Morgan fingerprint density at radius 1 is 1.20 bits per heavy atom. The molecule has 1 fully saturated rings. The number of aliphatic carboxylic acids is 1. The molecule has 0 unspecified atom stereocenters. The Balaban J connectivity index is 0.000000381. The minimum atomic E-state index is -5.08. The maximum absolute atomic E-state index is 11.6. The molecule has 1 amide bonds. The number of nitrogens with two attached hydrogens (primary N) is 1. The van der Waals surface area contributed by atoms with Crippen molar-refractivity contribution in [3.05, 3.63) is 35.9 Å². The predicted octanol–water partition coefficient (Wildman–Crippen LogP) is 2.82. The number of alkyl halides is 3. The second kappa shape index (κ2) is 9.87. The number of halogens is 3. The summed E-state index contributed by atoms with van der Waals surface area (Å²) in [6, 6.07) is 9.76. The van der Waals surface area contributed by atoms with Crippen molar-refractivity contribution in [2.75, 3.05) is 0 Å². The molecular weight excluding hydrogens is 341 g/mol. The summed E-state index contributed by atoms with van der Waals surface area (Å²) in [5.74, 6) is -2.76. The lowest BCUT2D eigenvalue weighted by Gasteiger charge is -2.28. The number of hydrogen-bond acceptors (Lipinski definition) is 4. The molecule has 0 aromatic heterocycles. The first-order valence-electron chi connectivity index (χ1n) is 7.73. The number of carbonyl (C=O) groups is 2. The van der Waals surface area contributed by atoms with Gasteiger partial charge in [-0.05, 0) is 18.4 Å². The van der Waals surface area contributed by atoms with Gasteiger partial charge in [0.15, 0.2) is 0 Å². The largest absolute Gasteiger partial charge is 0.490 e. The lowest BCUT2D eigenvalue weighted by Crippen LogP contribution is -2.49. The molecule has 9 heteroatoms. The molecule has 0 aliphatic heterocycles. The van der Waals surface area contributed by atoms with Crippen molar-refractivity contribution in [2.24, 2.45) is 5.73 Å². The number of alkyl carbamates (subject to hydrolysis) is 1. The number of ether oxygens (including phenoxy) is 1. The average molecular weight is 362 g/mol. The third-order valence-electron chi connectivity index (χ3n) is 3.58. The van der Waals surface area contributed by atoms with Gasteiger partial charge in [-0.15, -0.1) is 0 Å². The molecule has 1 aromatic rings. The summed E-state index contributed by atoms with van der Waals surface area (Å²) in [5.41, 5.74) is 6.95. The van der Waals surface area contributed by atoms with Crippen molar-refractivity contribution in [2.45, 2.75) is 50.6 Å². The summed E-state index contributed by atoms with van der Waals surface area (Å²) >= 11 is 0. The van der Waals surface area contributed by atoms with Crippen molar-refractivity contribution < 1.29 is 32.6 Å². The fraction of sp³-hybridized carbons (Fsp3) is 0.500. The van der Waals surface area contributed by atoms with Crippen molar-refractivity contribution in [1.82, 2.24) is 5.32 Å². The Labute approximate surface area is 143 Å². The van der Waals surface area contributed by atoms with E-state index in [1.165, 1.54) is 0 Å². The monoisotopic (exact) mass is 362 g/mol. The SMILES string of the molecule is N[C@H]1CCCC[C@H]1NC(=O)OCc1ccccc1.O=C(O)C(F)(F)F. The number of carboxylic acids is 1. The van der Waals surface area contributed by atoms with Crippen LogP contribution in [0.15, 0.2) is 30.3 Å². The highest BCUT2D eigenvalue weighted by molar-refractivity contribution is 5.73. The van der Waals surface area contributed by atoms with Crippen LogP contribution < -0.4 is 11.1 Å². The topological polar surface area (TPSA) is 102 Å². The molecule has 0 saturated heterocycles. The van der Waals surface area contributed by atoms with E-state index in [1.807, 2.05) is 30.3 Å². The van der Waals surface area contributed by atoms with Gasteiger partial charge in [-0.3, -0.25) is 0 Å². The molecule has 0 spiro atoms. The molecular formula is C16H21F3N2O4. The molecule has 0 radical (unpaired) electrons. The van der Waals surface area contributed by atoms with Gasteiger partial charge in [-0.1, -0.05) is 43.2 Å². The zero-order valence-corrected chi connectivity index (χ0v) is 13.5. The molecule has 140 valence electrons. The summed E-state index contributed by atoms with van der Waals surface area (Å²) < 4.78 is 36.9. The van der Waals surface area contributed by atoms with Crippen LogP contribution in [0, 0.1) is 0 Å². The quantitative estimate of drug-likeness (QED) is 0.767. The van der Waals surface area contributed by atoms with Crippen LogP contribution in [0.3, 0.4) is 0 Å². The second-order valence-corrected chi connectivity index (χ2v) is 5.56. The Hall–Kier alpha value is -2.29. The van der Waals surface area contributed by atoms with Crippen molar-refractivity contribution >= 4 is 12.1 Å². The minimum Gasteiger partial charge on any atom is -0.475 e. The highest BCUT2D eigenvalue weighted by Gasteiger charge is 2.38. The van der Waals surface area contributed by atoms with Crippen molar-refractivity contribution in [3.63, 3.8) is 0 Å². The molecule has 25 heavy (non-hydrogen) atoms. The number of carbonyl (C=O) groups excluding carboxylic acids is 1. The van der Waals surface area contributed by atoms with Crippen molar-refractivity contribution in [3.8, 4) is 0 Å². The molecule has 0 bridgehead atoms. The summed E-state index contributed by atoms with van der Waals surface area (Å²) in [4.78, 5) is 20.5. The molecule has 1 saturated carbocycles. The van der Waals surface area contributed by atoms with Crippen LogP contribution >= 0.6 is 0 Å². The number of amides is 1. The van der Waals surface area contributed by atoms with Crippen LogP contribution in [0.2, 0.25) is 0 Å². The number of carboxylic acid groups (broad SMARTS) is 1. The smallest absolute Gasteiger partial charge is 0.475 e. The van der Waals surface area contributed by atoms with Crippen LogP contribution in [-0.4, -0.2) is 35.4 Å². The van der Waals surface area contributed by atoms with Crippen molar-refractivity contribution in [1.29, 1.82) is 0 Å². The molecule has 4 N–H and O–H groups in total. The van der Waals surface area contributed by atoms with Crippen LogP contribution in [0.5, 0.6) is 0 Å². The van der Waals surface area contributed by atoms with Gasteiger partial charge in [0.1, 0.15) is 6.61 Å². The number of benzene rings is 1. The van der Waals surface area contributed by atoms with E-state index in [0.29, 0.717) is 6.61 Å². The van der Waals surface area contributed by atoms with E-state index >= 15 is 0 Å². The highest BCUT2D eigenvalue weighted by atomic mass is 19.4. The normalized spacial score (nSPS) is 20.0. The van der Waals surface area contributed by atoms with Crippen LogP contribution in [-0.2, 0) is 16.1 Å². The maximum Gasteiger partial charge on any atom is 0.490 e. The first-order valence-corrected chi connectivity index (χ1v) is 7.73. The molecule has 2 rings (SSSR count). The molecule has 1 aliphatic rings. The summed E-state index contributed by atoms with van der Waals surface area (Å²) in [6.45, 7) is 0.300. The third kappa shape index (κ3) is 8.39. The first-order chi connectivity index (χ1) is 11.7. The lowest BCUT2D eigenvalue weighted by molar-refractivity contribution is -0.192. The molecule has 2 atom stereocenters. The zero-order chi connectivity index (χ0) is 18.9. The predicted molar refractivity (Wildman–Crippen MR) is 83.7 cm³/mol. The van der Waals surface area contributed by atoms with Crippen LogP contribution in [0.4, 0.5) is 18.0 Å². The van der Waals surface area contributed by atoms with Gasteiger partial charge < -0.3 is 20.9 Å². The molecule has 1 aromatic carbocycles. The summed E-state index contributed by atoms with van der Waals surface area (Å²) in [7, 11) is 0.